The second-order valence-electron chi connectivity index (χ2n) is 8.31. The molecule has 3 nitrogen and oxygen atoms in total. The van der Waals surface area contributed by atoms with Gasteiger partial charge in [0.2, 0.25) is 0 Å². The van der Waals surface area contributed by atoms with Gasteiger partial charge in [-0.1, -0.05) is 30.3 Å². The van der Waals surface area contributed by atoms with E-state index in [1.54, 1.807) is 49.6 Å². The van der Waals surface area contributed by atoms with E-state index in [-0.39, 0.29) is 41.3 Å². The molecule has 174 valence electrons. The Morgan fingerprint density at radius 2 is 1.52 bits per heavy atom. The predicted octanol–water partition coefficient (Wildman–Crippen LogP) is 7.03. The van der Waals surface area contributed by atoms with Gasteiger partial charge in [0, 0.05) is 11.1 Å². The highest BCUT2D eigenvalue weighted by atomic mass is 19.2. The van der Waals surface area contributed by atoms with Crippen molar-refractivity contribution in [3.63, 3.8) is 0 Å². The Morgan fingerprint density at radius 1 is 0.788 bits per heavy atom. The summed E-state index contributed by atoms with van der Waals surface area (Å²) in [5.41, 5.74) is 1.93. The summed E-state index contributed by atoms with van der Waals surface area (Å²) < 4.78 is 59.4. The smallest absolute Gasteiger partial charge is 0.167 e. The van der Waals surface area contributed by atoms with Crippen LogP contribution in [0.3, 0.4) is 0 Å². The summed E-state index contributed by atoms with van der Waals surface area (Å²) in [5, 5.41) is 0. The Kier molecular flexibility index (Phi) is 7.23. The Bertz CT molecular complexity index is 1090. The van der Waals surface area contributed by atoms with Crippen LogP contribution in [-0.2, 0) is 11.3 Å². The summed E-state index contributed by atoms with van der Waals surface area (Å²) in [5.74, 6) is -0.982. The molecular formula is C27H27F3O3. The van der Waals surface area contributed by atoms with Crippen molar-refractivity contribution in [2.75, 3.05) is 14.2 Å². The zero-order chi connectivity index (χ0) is 23.4. The predicted molar refractivity (Wildman–Crippen MR) is 121 cm³/mol. The van der Waals surface area contributed by atoms with Crippen molar-refractivity contribution < 1.29 is 27.4 Å². The molecule has 33 heavy (non-hydrogen) atoms. The van der Waals surface area contributed by atoms with Gasteiger partial charge in [-0.25, -0.2) is 13.2 Å². The van der Waals surface area contributed by atoms with Crippen molar-refractivity contribution in [1.82, 2.24) is 0 Å². The van der Waals surface area contributed by atoms with Crippen molar-refractivity contribution in [2.24, 2.45) is 0 Å². The lowest BCUT2D eigenvalue weighted by Gasteiger charge is -2.29. The summed E-state index contributed by atoms with van der Waals surface area (Å²) in [7, 11) is 3.00. The van der Waals surface area contributed by atoms with Crippen LogP contribution in [0.4, 0.5) is 13.2 Å². The maximum Gasteiger partial charge on any atom is 0.167 e. The molecule has 0 amide bonds. The third kappa shape index (κ3) is 5.17. The number of ether oxygens (including phenoxy) is 3. The monoisotopic (exact) mass is 456 g/mol. The molecule has 1 aliphatic rings. The number of methoxy groups -OCH3 is 2. The molecule has 0 heterocycles. The standard InChI is InChI=1S/C27H27F3O3/c1-31-21-9-5-18(6-10-21)23-13-7-20(26(29)27(23)30)16-33-22-11-3-17(4-12-22)19-8-14-25(32-2)24(28)15-19/h5-10,13-15,17,22H,3-4,11-12,16H2,1-2H3. The van der Waals surface area contributed by atoms with Crippen molar-refractivity contribution in [3.8, 4) is 22.6 Å². The number of rotatable bonds is 7. The lowest BCUT2D eigenvalue weighted by molar-refractivity contribution is 0.0119. The van der Waals surface area contributed by atoms with Crippen molar-refractivity contribution >= 4 is 0 Å². The second kappa shape index (κ2) is 10.3. The number of hydrogen-bond donors (Lipinski definition) is 0. The van der Waals surface area contributed by atoms with Crippen LogP contribution in [-0.4, -0.2) is 20.3 Å². The Morgan fingerprint density at radius 3 is 2.15 bits per heavy atom. The molecule has 0 atom stereocenters. The van der Waals surface area contributed by atoms with Gasteiger partial charge in [0.1, 0.15) is 5.75 Å². The lowest BCUT2D eigenvalue weighted by atomic mass is 9.82. The number of benzene rings is 3. The zero-order valence-corrected chi connectivity index (χ0v) is 18.7. The van der Waals surface area contributed by atoms with Gasteiger partial charge in [-0.3, -0.25) is 0 Å². The molecule has 3 aromatic rings. The van der Waals surface area contributed by atoms with E-state index in [1.807, 2.05) is 6.07 Å². The lowest BCUT2D eigenvalue weighted by Crippen LogP contribution is -2.21. The highest BCUT2D eigenvalue weighted by Gasteiger charge is 2.24. The summed E-state index contributed by atoms with van der Waals surface area (Å²) in [6.07, 6.45) is 3.24. The molecule has 0 spiro atoms. The van der Waals surface area contributed by atoms with Crippen LogP contribution in [0.1, 0.15) is 42.7 Å². The normalized spacial score (nSPS) is 18.2. The second-order valence-corrected chi connectivity index (χ2v) is 8.31. The molecule has 6 heteroatoms. The van der Waals surface area contributed by atoms with E-state index in [0.717, 1.165) is 31.2 Å². The summed E-state index contributed by atoms with van der Waals surface area (Å²) in [4.78, 5) is 0. The molecule has 0 aliphatic heterocycles. The van der Waals surface area contributed by atoms with Crippen LogP contribution in [0.2, 0.25) is 0 Å². The molecule has 0 unspecified atom stereocenters. The summed E-state index contributed by atoms with van der Waals surface area (Å²) >= 11 is 0. The van der Waals surface area contributed by atoms with E-state index < -0.39 is 11.6 Å². The minimum absolute atomic E-state index is 0.0120. The Hall–Kier alpha value is -2.99. The molecule has 0 bridgehead atoms. The van der Waals surface area contributed by atoms with Crippen LogP contribution in [0.15, 0.2) is 54.6 Å². The third-order valence-corrected chi connectivity index (χ3v) is 6.36. The van der Waals surface area contributed by atoms with Crippen LogP contribution >= 0.6 is 0 Å². The molecule has 1 aliphatic carbocycles. The van der Waals surface area contributed by atoms with Crippen LogP contribution in [0, 0.1) is 17.5 Å². The Balaban J connectivity index is 1.35. The van der Waals surface area contributed by atoms with Gasteiger partial charge in [-0.15, -0.1) is 0 Å². The number of hydrogen-bond acceptors (Lipinski definition) is 3. The van der Waals surface area contributed by atoms with E-state index >= 15 is 0 Å². The fourth-order valence-corrected chi connectivity index (χ4v) is 4.40. The van der Waals surface area contributed by atoms with Gasteiger partial charge in [0.25, 0.3) is 0 Å². The van der Waals surface area contributed by atoms with E-state index in [2.05, 4.69) is 0 Å². The first-order chi connectivity index (χ1) is 16.0. The SMILES string of the molecule is COc1ccc(-c2ccc(COC3CCC(c4ccc(OC)c(F)c4)CC3)c(F)c2F)cc1. The van der Waals surface area contributed by atoms with Crippen molar-refractivity contribution in [1.29, 1.82) is 0 Å². The molecular weight excluding hydrogens is 429 g/mol. The van der Waals surface area contributed by atoms with E-state index in [9.17, 15) is 13.2 Å². The third-order valence-electron chi connectivity index (χ3n) is 6.36. The minimum atomic E-state index is -0.884. The van der Waals surface area contributed by atoms with Crippen LogP contribution in [0.25, 0.3) is 11.1 Å². The van der Waals surface area contributed by atoms with Crippen LogP contribution in [0.5, 0.6) is 11.5 Å². The van der Waals surface area contributed by atoms with Gasteiger partial charge in [0.15, 0.2) is 23.2 Å². The zero-order valence-electron chi connectivity index (χ0n) is 18.7. The molecule has 0 aromatic heterocycles. The average Bonchev–Trinajstić information content (AvgIpc) is 2.85. The maximum absolute atomic E-state index is 14.7. The summed E-state index contributed by atoms with van der Waals surface area (Å²) in [6.45, 7) is 0.0120. The first-order valence-corrected chi connectivity index (χ1v) is 11.1. The Labute approximate surface area is 192 Å². The quantitative estimate of drug-likeness (QED) is 0.382. The number of halogens is 3. The highest BCUT2D eigenvalue weighted by molar-refractivity contribution is 5.65. The van der Waals surface area contributed by atoms with E-state index in [1.165, 1.54) is 13.2 Å². The highest BCUT2D eigenvalue weighted by Crippen LogP contribution is 2.36. The van der Waals surface area contributed by atoms with Gasteiger partial charge in [-0.2, -0.15) is 0 Å². The van der Waals surface area contributed by atoms with E-state index in [0.29, 0.717) is 11.3 Å². The van der Waals surface area contributed by atoms with Gasteiger partial charge >= 0.3 is 0 Å². The average molecular weight is 457 g/mol. The fraction of sp³-hybridized carbons (Fsp3) is 0.333. The first-order valence-electron chi connectivity index (χ1n) is 11.1. The topological polar surface area (TPSA) is 27.7 Å². The fourth-order valence-electron chi connectivity index (χ4n) is 4.40. The molecule has 3 aromatic carbocycles. The molecule has 1 saturated carbocycles. The largest absolute Gasteiger partial charge is 0.497 e. The molecule has 4 rings (SSSR count). The summed E-state index contributed by atoms with van der Waals surface area (Å²) in [6, 6.07) is 15.0. The molecule has 0 radical (unpaired) electrons. The minimum Gasteiger partial charge on any atom is -0.497 e. The molecule has 0 N–H and O–H groups in total. The van der Waals surface area contributed by atoms with E-state index in [4.69, 9.17) is 14.2 Å². The van der Waals surface area contributed by atoms with Gasteiger partial charge < -0.3 is 14.2 Å². The molecule has 0 saturated heterocycles. The van der Waals surface area contributed by atoms with Gasteiger partial charge in [-0.05, 0) is 67.0 Å². The first kappa shape index (κ1) is 23.2. The maximum atomic E-state index is 14.7. The van der Waals surface area contributed by atoms with Crippen molar-refractivity contribution in [3.05, 3.63) is 83.2 Å². The molecule has 1 fully saturated rings. The van der Waals surface area contributed by atoms with Crippen molar-refractivity contribution in [2.45, 2.75) is 44.3 Å². The van der Waals surface area contributed by atoms with Crippen LogP contribution < -0.4 is 9.47 Å². The van der Waals surface area contributed by atoms with Gasteiger partial charge in [0.05, 0.1) is 26.9 Å².